The topological polar surface area (TPSA) is 157 Å². The van der Waals surface area contributed by atoms with Crippen molar-refractivity contribution in [2.75, 3.05) is 23.4 Å². The molecule has 0 aliphatic carbocycles. The highest BCUT2D eigenvalue weighted by molar-refractivity contribution is 6.04. The maximum atomic E-state index is 13.0. The number of H-pyrrole nitrogens is 1. The van der Waals surface area contributed by atoms with Gasteiger partial charge in [-0.05, 0) is 42.0 Å². The lowest BCUT2D eigenvalue weighted by Gasteiger charge is -2.34. The summed E-state index contributed by atoms with van der Waals surface area (Å²) in [6.45, 7) is 0.485. The fourth-order valence-corrected chi connectivity index (χ4v) is 3.42. The number of aliphatic hydroxyl groups excluding tert-OH is 1. The molecule has 0 saturated carbocycles. The number of amidine groups is 1. The molecule has 1 aliphatic rings. The van der Waals surface area contributed by atoms with Crippen molar-refractivity contribution in [2.24, 2.45) is 5.73 Å². The number of nitrogen functional groups attached to an aromatic ring is 1. The van der Waals surface area contributed by atoms with E-state index in [4.69, 9.17) is 15.9 Å². The van der Waals surface area contributed by atoms with Gasteiger partial charge in [0, 0.05) is 35.2 Å². The third kappa shape index (κ3) is 5.72. The number of carbonyl (C=O) groups excluding carboxylic acids is 2. The summed E-state index contributed by atoms with van der Waals surface area (Å²) in [5.41, 5.74) is 8.82. The van der Waals surface area contributed by atoms with Gasteiger partial charge in [-0.3, -0.25) is 20.1 Å². The lowest BCUT2D eigenvalue weighted by Crippen LogP contribution is -2.55. The zero-order valence-corrected chi connectivity index (χ0v) is 19.4. The maximum Gasteiger partial charge on any atom is 0.259 e. The average Bonchev–Trinajstić information content (AvgIpc) is 3.34. The van der Waals surface area contributed by atoms with Crippen LogP contribution in [-0.2, 0) is 14.3 Å². The summed E-state index contributed by atoms with van der Waals surface area (Å²) in [6.07, 6.45) is 0.456. The Balaban J connectivity index is 0.00000204. The predicted octanol–water partition coefficient (Wildman–Crippen LogP) is 1.94. The molecule has 2 heterocycles. The van der Waals surface area contributed by atoms with Crippen LogP contribution in [0.2, 0.25) is 0 Å². The largest absolute Gasteiger partial charge is 0.384 e. The lowest BCUT2D eigenvalue weighted by molar-refractivity contribution is -0.150. The van der Waals surface area contributed by atoms with Crippen molar-refractivity contribution in [3.63, 3.8) is 0 Å². The van der Waals surface area contributed by atoms with Crippen molar-refractivity contribution in [2.45, 2.75) is 12.2 Å². The van der Waals surface area contributed by atoms with Crippen LogP contribution in [0.3, 0.4) is 0 Å². The molecule has 0 bridgehead atoms. The first kappa shape index (κ1) is 26.8. The van der Waals surface area contributed by atoms with Crippen molar-refractivity contribution in [3.8, 4) is 11.1 Å². The quantitative estimate of drug-likeness (QED) is 0.254. The third-order valence-electron chi connectivity index (χ3n) is 5.15. The number of nitrogens with two attached hydrogens (primary N) is 1. The van der Waals surface area contributed by atoms with Gasteiger partial charge < -0.3 is 25.8 Å². The molecule has 3 aromatic rings. The smallest absolute Gasteiger partial charge is 0.259 e. The molecule has 1 fully saturated rings. The van der Waals surface area contributed by atoms with Gasteiger partial charge in [0.1, 0.15) is 5.84 Å². The number of benzene rings is 2. The van der Waals surface area contributed by atoms with Crippen LogP contribution in [0.5, 0.6) is 0 Å². The first-order valence-electron chi connectivity index (χ1n) is 9.89. The molecule has 10 nitrogen and oxygen atoms in total. The number of hydrogen-bond donors (Lipinski definition) is 5. The Labute approximate surface area is 207 Å². The van der Waals surface area contributed by atoms with Gasteiger partial charge in [0.05, 0.1) is 12.8 Å². The van der Waals surface area contributed by atoms with E-state index in [9.17, 15) is 14.7 Å². The second kappa shape index (κ2) is 11.6. The number of aliphatic hydroxyl groups is 1. The van der Waals surface area contributed by atoms with Crippen LogP contribution in [-0.4, -0.2) is 58.3 Å². The normalized spacial score (nSPS) is 16.1. The highest BCUT2D eigenvalue weighted by Gasteiger charge is 2.39. The molecular formula is C22H24Cl2N6O4. The number of anilines is 2. The number of nitrogens with one attached hydrogen (secondary N) is 3. The minimum Gasteiger partial charge on any atom is -0.384 e. The van der Waals surface area contributed by atoms with E-state index in [1.165, 1.54) is 4.90 Å². The van der Waals surface area contributed by atoms with Crippen molar-refractivity contribution in [1.29, 1.82) is 5.41 Å². The van der Waals surface area contributed by atoms with E-state index >= 15 is 0 Å². The average molecular weight is 507 g/mol. The van der Waals surface area contributed by atoms with Crippen molar-refractivity contribution in [3.05, 3.63) is 66.5 Å². The molecule has 4 rings (SSSR count). The Morgan fingerprint density at radius 2 is 1.85 bits per heavy atom. The number of halogens is 2. The Morgan fingerprint density at radius 1 is 1.18 bits per heavy atom. The summed E-state index contributed by atoms with van der Waals surface area (Å²) in [4.78, 5) is 27.0. The Kier molecular flexibility index (Phi) is 9.16. The molecule has 12 heteroatoms. The minimum absolute atomic E-state index is 0. The number of hydrogen-bond acceptors (Lipinski definition) is 6. The summed E-state index contributed by atoms with van der Waals surface area (Å²) in [5, 5.41) is 27.1. The molecule has 180 valence electrons. The highest BCUT2D eigenvalue weighted by atomic mass is 35.5. The molecular weight excluding hydrogens is 483 g/mol. The fraction of sp³-hybridized carbons (Fsp3) is 0.182. The summed E-state index contributed by atoms with van der Waals surface area (Å²) in [7, 11) is 0. The van der Waals surface area contributed by atoms with Crippen LogP contribution in [0.4, 0.5) is 11.4 Å². The molecule has 1 unspecified atom stereocenters. The van der Waals surface area contributed by atoms with Crippen LogP contribution in [0.1, 0.15) is 5.56 Å². The zero-order valence-electron chi connectivity index (χ0n) is 17.8. The van der Waals surface area contributed by atoms with Crippen molar-refractivity contribution >= 4 is 53.8 Å². The number of carbonyl (C=O) groups is 2. The van der Waals surface area contributed by atoms with Gasteiger partial charge in [0.2, 0.25) is 0 Å². The Morgan fingerprint density at radius 3 is 2.44 bits per heavy atom. The monoisotopic (exact) mass is 506 g/mol. The van der Waals surface area contributed by atoms with Gasteiger partial charge in [-0.2, -0.15) is 5.10 Å². The Bertz CT molecular complexity index is 1120. The van der Waals surface area contributed by atoms with E-state index in [1.54, 1.807) is 48.8 Å². The SMILES string of the molecule is Cl.Cl.N=C(N)c1ccc(NC(=O)C(O)[C@H]2OCCN(c3ccc(-c4cn[nH]c4)cc3)C2=O)cc1. The van der Waals surface area contributed by atoms with Gasteiger partial charge in [-0.25, -0.2) is 0 Å². The number of ether oxygens (including phenoxy) is 1. The molecule has 34 heavy (non-hydrogen) atoms. The lowest BCUT2D eigenvalue weighted by atomic mass is 10.1. The third-order valence-corrected chi connectivity index (χ3v) is 5.15. The number of morpholine rings is 1. The highest BCUT2D eigenvalue weighted by Crippen LogP contribution is 2.25. The molecule has 2 amide bonds. The van der Waals surface area contributed by atoms with Crippen LogP contribution in [0, 0.1) is 5.41 Å². The van der Waals surface area contributed by atoms with E-state index in [1.807, 2.05) is 12.1 Å². The molecule has 1 aromatic heterocycles. The summed E-state index contributed by atoms with van der Waals surface area (Å²) in [5.74, 6) is -1.36. The maximum absolute atomic E-state index is 13.0. The number of rotatable bonds is 6. The predicted molar refractivity (Wildman–Crippen MR) is 133 cm³/mol. The number of amides is 2. The van der Waals surface area contributed by atoms with Crippen molar-refractivity contribution in [1.82, 2.24) is 10.2 Å². The number of aromatic amines is 1. The van der Waals surface area contributed by atoms with Gasteiger partial charge >= 0.3 is 0 Å². The molecule has 6 N–H and O–H groups in total. The molecule has 1 saturated heterocycles. The van der Waals surface area contributed by atoms with Crippen LogP contribution in [0.15, 0.2) is 60.9 Å². The standard InChI is InChI=1S/C22H22N6O4.2ClH/c23-20(24)14-1-5-16(6-2-14)27-21(30)18(29)19-22(31)28(9-10-32-19)17-7-3-13(4-8-17)15-11-25-26-12-15;;/h1-8,11-12,18-19,29H,9-10H2,(H3,23,24)(H,25,26)(H,27,30);2*1H/t18?,19-;;/m1../s1. The van der Waals surface area contributed by atoms with E-state index in [2.05, 4.69) is 15.5 Å². The first-order chi connectivity index (χ1) is 15.4. The fourth-order valence-electron chi connectivity index (χ4n) is 3.42. The van der Waals surface area contributed by atoms with E-state index < -0.39 is 24.0 Å². The van der Waals surface area contributed by atoms with Crippen LogP contribution < -0.4 is 16.0 Å². The second-order valence-electron chi connectivity index (χ2n) is 7.24. The molecule has 2 aromatic carbocycles. The van der Waals surface area contributed by atoms with Gasteiger partial charge in [0.15, 0.2) is 12.2 Å². The second-order valence-corrected chi connectivity index (χ2v) is 7.24. The van der Waals surface area contributed by atoms with Crippen LogP contribution >= 0.6 is 24.8 Å². The van der Waals surface area contributed by atoms with E-state index in [0.717, 1.165) is 11.1 Å². The molecule has 0 spiro atoms. The van der Waals surface area contributed by atoms with Gasteiger partial charge in [-0.15, -0.1) is 24.8 Å². The zero-order chi connectivity index (χ0) is 22.7. The van der Waals surface area contributed by atoms with Crippen molar-refractivity contribution < 1.29 is 19.4 Å². The molecule has 0 radical (unpaired) electrons. The summed E-state index contributed by atoms with van der Waals surface area (Å²) < 4.78 is 5.44. The van der Waals surface area contributed by atoms with E-state index in [0.29, 0.717) is 23.5 Å². The minimum atomic E-state index is -1.69. The number of nitrogens with zero attached hydrogens (tertiary/aromatic N) is 2. The first-order valence-corrected chi connectivity index (χ1v) is 9.89. The van der Waals surface area contributed by atoms with E-state index in [-0.39, 0.29) is 37.3 Å². The summed E-state index contributed by atoms with van der Waals surface area (Å²) >= 11 is 0. The van der Waals surface area contributed by atoms with Crippen LogP contribution in [0.25, 0.3) is 11.1 Å². The molecule has 1 aliphatic heterocycles. The Hall–Kier alpha value is -3.44. The summed E-state index contributed by atoms with van der Waals surface area (Å²) in [6, 6.07) is 13.6. The number of aromatic nitrogens is 2. The van der Waals surface area contributed by atoms with Gasteiger partial charge in [0.25, 0.3) is 11.8 Å². The molecule has 2 atom stereocenters. The van der Waals surface area contributed by atoms with Gasteiger partial charge in [-0.1, -0.05) is 12.1 Å².